The largest absolute Gasteiger partial charge is 0.478 e. The third kappa shape index (κ3) is 4.43. The fourth-order valence-corrected chi connectivity index (χ4v) is 3.57. The zero-order chi connectivity index (χ0) is 22.7. The van der Waals surface area contributed by atoms with Crippen LogP contribution in [0.1, 0.15) is 27.9 Å². The molecule has 7 nitrogen and oxygen atoms in total. The summed E-state index contributed by atoms with van der Waals surface area (Å²) in [6.45, 7) is 0. The van der Waals surface area contributed by atoms with Crippen LogP contribution in [-0.2, 0) is 0 Å². The lowest BCUT2D eigenvalue weighted by molar-refractivity contribution is 0.0697. The summed E-state index contributed by atoms with van der Waals surface area (Å²) < 4.78 is 5.85. The zero-order valence-corrected chi connectivity index (χ0v) is 17.2. The van der Waals surface area contributed by atoms with Gasteiger partial charge in [0.1, 0.15) is 17.3 Å². The van der Waals surface area contributed by atoms with Gasteiger partial charge in [0.25, 0.3) is 0 Å². The van der Waals surface area contributed by atoms with Crippen LogP contribution in [0.25, 0.3) is 5.70 Å². The first-order valence-electron chi connectivity index (χ1n) is 10.0. The molecule has 3 aromatic carbocycles. The number of carbonyl (C=O) groups is 1. The standard InChI is InChI=1S/C25H22N4O3/c26-20-14-21(15-6-8-17(9-7-15)25(30)31)29-23(22(20)24(27)28)16-10-12-19(13-11-16)32-18-4-2-1-3-5-18/h1-13,20H,14,26H2,(H3,27,28)(H,30,31). The minimum Gasteiger partial charge on any atom is -0.478 e. The smallest absolute Gasteiger partial charge is 0.335 e. The molecule has 3 aromatic rings. The van der Waals surface area contributed by atoms with Crippen LogP contribution in [0.2, 0.25) is 0 Å². The molecule has 1 heterocycles. The van der Waals surface area contributed by atoms with E-state index in [1.165, 1.54) is 12.1 Å². The van der Waals surface area contributed by atoms with Crippen LogP contribution in [0.3, 0.4) is 0 Å². The number of nitrogens with zero attached hydrogens (tertiary/aromatic N) is 1. The van der Waals surface area contributed by atoms with Gasteiger partial charge in [-0.05, 0) is 54.1 Å². The SMILES string of the molecule is N=C(N)C1=C(c2ccc(Oc3ccccc3)cc2)N=C(c2ccc(C(=O)O)cc2)CC1N. The summed E-state index contributed by atoms with van der Waals surface area (Å²) in [6.07, 6.45) is 0.389. The topological polar surface area (TPSA) is 135 Å². The Balaban J connectivity index is 1.69. The number of rotatable bonds is 6. The van der Waals surface area contributed by atoms with Crippen molar-refractivity contribution in [2.45, 2.75) is 12.5 Å². The van der Waals surface area contributed by atoms with Gasteiger partial charge in [0.15, 0.2) is 0 Å². The van der Waals surface area contributed by atoms with Gasteiger partial charge in [-0.3, -0.25) is 10.4 Å². The molecule has 1 aliphatic rings. The molecular weight excluding hydrogens is 404 g/mol. The van der Waals surface area contributed by atoms with Gasteiger partial charge in [-0.1, -0.05) is 30.3 Å². The monoisotopic (exact) mass is 426 g/mol. The molecule has 32 heavy (non-hydrogen) atoms. The van der Waals surface area contributed by atoms with E-state index in [1.807, 2.05) is 54.6 Å². The summed E-state index contributed by atoms with van der Waals surface area (Å²) in [4.78, 5) is 15.9. The van der Waals surface area contributed by atoms with Crippen molar-refractivity contribution in [1.82, 2.24) is 0 Å². The van der Waals surface area contributed by atoms with E-state index in [4.69, 9.17) is 31.7 Å². The lowest BCUT2D eigenvalue weighted by Gasteiger charge is -2.25. The molecule has 0 fully saturated rings. The zero-order valence-electron chi connectivity index (χ0n) is 17.2. The maximum atomic E-state index is 11.1. The Morgan fingerprint density at radius 2 is 1.53 bits per heavy atom. The molecule has 7 heteroatoms. The highest BCUT2D eigenvalue weighted by Gasteiger charge is 2.26. The second kappa shape index (κ2) is 8.87. The Morgan fingerprint density at radius 3 is 2.12 bits per heavy atom. The molecule has 0 radical (unpaired) electrons. The lowest BCUT2D eigenvalue weighted by atomic mass is 9.90. The number of carboxylic acids is 1. The molecule has 6 N–H and O–H groups in total. The van der Waals surface area contributed by atoms with Crippen LogP contribution in [0, 0.1) is 5.41 Å². The number of nitrogens with one attached hydrogen (secondary N) is 1. The predicted octanol–water partition coefficient (Wildman–Crippen LogP) is 4.04. The summed E-state index contributed by atoms with van der Waals surface area (Å²) in [5.41, 5.74) is 15.6. The van der Waals surface area contributed by atoms with E-state index < -0.39 is 12.0 Å². The Morgan fingerprint density at radius 1 is 0.938 bits per heavy atom. The van der Waals surface area contributed by atoms with Gasteiger partial charge in [-0.2, -0.15) is 0 Å². The number of ether oxygens (including phenoxy) is 1. The number of hydrogen-bond acceptors (Lipinski definition) is 5. The Hall–Kier alpha value is -4.23. The van der Waals surface area contributed by atoms with Gasteiger partial charge in [0, 0.05) is 23.6 Å². The predicted molar refractivity (Wildman–Crippen MR) is 124 cm³/mol. The molecule has 1 atom stereocenters. The number of aliphatic imine (C=N–C) groups is 1. The number of aromatic carboxylic acids is 1. The quantitative estimate of drug-likeness (QED) is 0.348. The Bertz CT molecular complexity index is 1210. The normalized spacial score (nSPS) is 15.8. The molecule has 1 unspecified atom stereocenters. The molecule has 0 saturated heterocycles. The van der Waals surface area contributed by atoms with Gasteiger partial charge in [-0.15, -0.1) is 0 Å². The number of benzene rings is 3. The van der Waals surface area contributed by atoms with E-state index in [0.29, 0.717) is 29.2 Å². The highest BCUT2D eigenvalue weighted by atomic mass is 16.5. The van der Waals surface area contributed by atoms with Crippen LogP contribution in [0.15, 0.2) is 89.4 Å². The van der Waals surface area contributed by atoms with Crippen molar-refractivity contribution >= 4 is 23.2 Å². The maximum absolute atomic E-state index is 11.1. The van der Waals surface area contributed by atoms with Gasteiger partial charge in [-0.25, -0.2) is 4.79 Å². The van der Waals surface area contributed by atoms with Crippen molar-refractivity contribution < 1.29 is 14.6 Å². The van der Waals surface area contributed by atoms with Crippen molar-refractivity contribution in [3.63, 3.8) is 0 Å². The molecule has 0 spiro atoms. The highest BCUT2D eigenvalue weighted by Crippen LogP contribution is 2.31. The van der Waals surface area contributed by atoms with Crippen molar-refractivity contribution in [3.05, 3.63) is 101 Å². The third-order valence-corrected chi connectivity index (χ3v) is 5.15. The summed E-state index contributed by atoms with van der Waals surface area (Å²) in [7, 11) is 0. The van der Waals surface area contributed by atoms with E-state index in [-0.39, 0.29) is 11.4 Å². The number of amidine groups is 1. The van der Waals surface area contributed by atoms with Crippen molar-refractivity contribution in [3.8, 4) is 11.5 Å². The molecule has 1 aliphatic heterocycles. The summed E-state index contributed by atoms with van der Waals surface area (Å²) in [5, 5.41) is 17.1. The number of carboxylic acid groups (broad SMARTS) is 1. The minimum absolute atomic E-state index is 0.124. The number of nitrogens with two attached hydrogens (primary N) is 2. The molecule has 0 aromatic heterocycles. The Labute approximate surface area is 185 Å². The number of hydrogen-bond donors (Lipinski definition) is 4. The molecular formula is C25H22N4O3. The van der Waals surface area contributed by atoms with Crippen molar-refractivity contribution in [2.24, 2.45) is 16.5 Å². The van der Waals surface area contributed by atoms with E-state index >= 15 is 0 Å². The second-order valence-corrected chi connectivity index (χ2v) is 7.37. The van der Waals surface area contributed by atoms with Gasteiger partial charge in [0.2, 0.25) is 0 Å². The van der Waals surface area contributed by atoms with Gasteiger partial charge < -0.3 is 21.3 Å². The fourth-order valence-electron chi connectivity index (χ4n) is 3.57. The minimum atomic E-state index is -0.990. The van der Waals surface area contributed by atoms with Crippen molar-refractivity contribution in [1.29, 1.82) is 5.41 Å². The fraction of sp³-hybridized carbons (Fsp3) is 0.0800. The van der Waals surface area contributed by atoms with E-state index in [1.54, 1.807) is 12.1 Å². The molecule has 0 amide bonds. The van der Waals surface area contributed by atoms with E-state index in [9.17, 15) is 4.79 Å². The number of para-hydroxylation sites is 1. The van der Waals surface area contributed by atoms with Crippen LogP contribution < -0.4 is 16.2 Å². The maximum Gasteiger partial charge on any atom is 0.335 e. The first-order valence-corrected chi connectivity index (χ1v) is 10.0. The first-order chi connectivity index (χ1) is 15.4. The summed E-state index contributed by atoms with van der Waals surface area (Å²) in [5.74, 6) is 0.282. The van der Waals surface area contributed by atoms with Gasteiger partial charge >= 0.3 is 5.97 Å². The van der Waals surface area contributed by atoms with Crippen molar-refractivity contribution in [2.75, 3.05) is 0 Å². The third-order valence-electron chi connectivity index (χ3n) is 5.15. The van der Waals surface area contributed by atoms with Crippen LogP contribution in [0.5, 0.6) is 11.5 Å². The molecule has 0 bridgehead atoms. The highest BCUT2D eigenvalue weighted by molar-refractivity contribution is 6.12. The summed E-state index contributed by atoms with van der Waals surface area (Å²) in [6, 6.07) is 22.8. The van der Waals surface area contributed by atoms with Crippen LogP contribution in [-0.4, -0.2) is 28.7 Å². The molecule has 160 valence electrons. The summed E-state index contributed by atoms with van der Waals surface area (Å²) >= 11 is 0. The Kier molecular flexibility index (Phi) is 5.83. The van der Waals surface area contributed by atoms with E-state index in [0.717, 1.165) is 16.9 Å². The second-order valence-electron chi connectivity index (χ2n) is 7.37. The molecule has 0 saturated carbocycles. The van der Waals surface area contributed by atoms with Crippen LogP contribution >= 0.6 is 0 Å². The van der Waals surface area contributed by atoms with Gasteiger partial charge in [0.05, 0.1) is 17.0 Å². The average Bonchev–Trinajstić information content (AvgIpc) is 2.79. The van der Waals surface area contributed by atoms with E-state index in [2.05, 4.69) is 0 Å². The molecule has 0 aliphatic carbocycles. The molecule has 4 rings (SSSR count). The van der Waals surface area contributed by atoms with Crippen LogP contribution in [0.4, 0.5) is 0 Å². The first kappa shape index (κ1) is 21.0. The average molecular weight is 426 g/mol. The lowest BCUT2D eigenvalue weighted by Crippen LogP contribution is -2.36.